The second-order valence-electron chi connectivity index (χ2n) is 6.28. The summed E-state index contributed by atoms with van der Waals surface area (Å²) in [5.74, 6) is 0.0287. The minimum absolute atomic E-state index is 0.0287. The summed E-state index contributed by atoms with van der Waals surface area (Å²) in [4.78, 5) is 10.8. The van der Waals surface area contributed by atoms with Crippen LogP contribution in [-0.2, 0) is 13.8 Å². The van der Waals surface area contributed by atoms with Gasteiger partial charge < -0.3 is 14.4 Å². The number of nitrogens with zero attached hydrogens (tertiary/aromatic N) is 2. The van der Waals surface area contributed by atoms with Gasteiger partial charge in [-0.2, -0.15) is 5.26 Å². The Morgan fingerprint density at radius 3 is 2.21 bits per heavy atom. The molecule has 140 valence electrons. The fourth-order valence-corrected chi connectivity index (χ4v) is 3.93. The molecule has 0 rings (SSSR count). The lowest BCUT2D eigenvalue weighted by Crippen LogP contribution is -2.33. The first-order chi connectivity index (χ1) is 11.4. The van der Waals surface area contributed by atoms with Crippen LogP contribution in [0, 0.1) is 11.3 Å². The van der Waals surface area contributed by atoms with Crippen molar-refractivity contribution in [2.75, 3.05) is 19.8 Å². The Labute approximate surface area is 148 Å². The lowest BCUT2D eigenvalue weighted by atomic mass is 10.2. The predicted octanol–water partition coefficient (Wildman–Crippen LogP) is 3.98. The van der Waals surface area contributed by atoms with Crippen LogP contribution >= 0.6 is 8.53 Å². The van der Waals surface area contributed by atoms with E-state index in [9.17, 15) is 4.79 Å². The smallest absolute Gasteiger partial charge is 0.259 e. The average Bonchev–Trinajstić information content (AvgIpc) is 2.48. The summed E-state index contributed by atoms with van der Waals surface area (Å²) in [6.07, 6.45) is 4.51. The van der Waals surface area contributed by atoms with Gasteiger partial charge in [0.1, 0.15) is 0 Å². The molecule has 1 unspecified atom stereocenters. The number of unbranched alkanes of at least 4 members (excludes halogenated alkanes) is 3. The first-order valence-electron chi connectivity index (χ1n) is 8.85. The maximum Gasteiger partial charge on any atom is 0.259 e. The van der Waals surface area contributed by atoms with Gasteiger partial charge in [-0.15, -0.1) is 0 Å². The van der Waals surface area contributed by atoms with Gasteiger partial charge in [-0.05, 0) is 40.5 Å². The molecule has 0 bridgehead atoms. The van der Waals surface area contributed by atoms with E-state index in [0.717, 1.165) is 32.2 Å². The minimum atomic E-state index is -1.13. The quantitative estimate of drug-likeness (QED) is 0.375. The summed E-state index contributed by atoms with van der Waals surface area (Å²) < 4.78 is 14.1. The van der Waals surface area contributed by atoms with E-state index in [2.05, 4.69) is 43.8 Å². The number of carbonyl (C=O) groups is 1. The third kappa shape index (κ3) is 11.8. The number of amides is 1. The molecule has 24 heavy (non-hydrogen) atoms. The number of carbonyl (C=O) groups excluding carboxylic acids is 1. The van der Waals surface area contributed by atoms with E-state index in [1.165, 1.54) is 6.92 Å². The van der Waals surface area contributed by atoms with E-state index in [-0.39, 0.29) is 5.91 Å². The molecule has 0 spiro atoms. The van der Waals surface area contributed by atoms with Crippen LogP contribution in [0.15, 0.2) is 0 Å². The maximum absolute atomic E-state index is 10.8. The molecule has 6 nitrogen and oxygen atoms in total. The van der Waals surface area contributed by atoms with E-state index in [0.29, 0.717) is 31.7 Å². The van der Waals surface area contributed by atoms with Crippen LogP contribution in [0.5, 0.6) is 0 Å². The summed E-state index contributed by atoms with van der Waals surface area (Å²) in [6.45, 7) is 11.9. The Hall–Kier alpha value is -0.730. The van der Waals surface area contributed by atoms with Gasteiger partial charge in [0.25, 0.3) is 8.53 Å². The highest BCUT2D eigenvalue weighted by Crippen LogP contribution is 2.46. The number of nitriles is 1. The third-order valence-electron chi connectivity index (χ3n) is 3.31. The predicted molar refractivity (Wildman–Crippen MR) is 98.3 cm³/mol. The van der Waals surface area contributed by atoms with Crippen LogP contribution in [-0.4, -0.2) is 42.4 Å². The zero-order valence-corrected chi connectivity index (χ0v) is 16.8. The lowest BCUT2D eigenvalue weighted by Gasteiger charge is -2.35. The molecule has 1 N–H and O–H groups in total. The van der Waals surface area contributed by atoms with E-state index in [1.807, 2.05) is 0 Å². The minimum Gasteiger partial charge on any atom is -0.356 e. The summed E-state index contributed by atoms with van der Waals surface area (Å²) >= 11 is 0. The van der Waals surface area contributed by atoms with Crippen LogP contribution in [0.1, 0.15) is 66.7 Å². The topological polar surface area (TPSA) is 74.6 Å². The van der Waals surface area contributed by atoms with Gasteiger partial charge in [0.15, 0.2) is 0 Å². The van der Waals surface area contributed by atoms with Crippen molar-refractivity contribution in [3.05, 3.63) is 0 Å². The molecule has 0 aromatic rings. The molecule has 0 heterocycles. The Morgan fingerprint density at radius 2 is 1.67 bits per heavy atom. The molecular formula is C17H34N3O3P. The Bertz CT molecular complexity index is 365. The molecule has 1 atom stereocenters. The molecule has 0 saturated heterocycles. The van der Waals surface area contributed by atoms with Crippen molar-refractivity contribution in [2.45, 2.75) is 78.8 Å². The highest BCUT2D eigenvalue weighted by molar-refractivity contribution is 7.44. The second-order valence-corrected chi connectivity index (χ2v) is 7.73. The normalized spacial score (nSPS) is 12.6. The molecule has 0 fully saturated rings. The summed E-state index contributed by atoms with van der Waals surface area (Å²) in [5, 5.41) is 11.5. The van der Waals surface area contributed by atoms with Crippen molar-refractivity contribution in [3.8, 4) is 6.07 Å². The zero-order valence-electron chi connectivity index (χ0n) is 15.9. The SMILES string of the molecule is CC(=O)NCCCCCCOP(OCCC#N)N(C(C)C)C(C)C. The van der Waals surface area contributed by atoms with Crippen LogP contribution in [0.4, 0.5) is 0 Å². The first kappa shape index (κ1) is 23.3. The van der Waals surface area contributed by atoms with Gasteiger partial charge in [0.2, 0.25) is 5.91 Å². The van der Waals surface area contributed by atoms with Crippen molar-refractivity contribution in [2.24, 2.45) is 0 Å². The fourth-order valence-electron chi connectivity index (χ4n) is 2.30. The first-order valence-corrected chi connectivity index (χ1v) is 9.98. The zero-order chi connectivity index (χ0) is 18.4. The lowest BCUT2D eigenvalue weighted by molar-refractivity contribution is -0.118. The Kier molecular flexibility index (Phi) is 14.2. The molecule has 1 amide bonds. The standard InChI is InChI=1S/C17H34N3O3P/c1-15(2)20(16(3)4)24(23-14-10-11-18)22-13-9-7-6-8-12-19-17(5)21/h15-16H,6-10,12-14H2,1-5H3,(H,19,21). The van der Waals surface area contributed by atoms with Gasteiger partial charge in [-0.25, -0.2) is 4.67 Å². The van der Waals surface area contributed by atoms with Crippen LogP contribution < -0.4 is 5.32 Å². The second kappa shape index (κ2) is 14.6. The van der Waals surface area contributed by atoms with E-state index in [1.54, 1.807) is 0 Å². The highest BCUT2D eigenvalue weighted by atomic mass is 31.2. The summed E-state index contributed by atoms with van der Waals surface area (Å²) in [5.41, 5.74) is 0. The molecule has 0 radical (unpaired) electrons. The van der Waals surface area contributed by atoms with E-state index in [4.69, 9.17) is 14.3 Å². The summed E-state index contributed by atoms with van der Waals surface area (Å²) in [6, 6.07) is 2.76. The fraction of sp³-hybridized carbons (Fsp3) is 0.882. The van der Waals surface area contributed by atoms with Crippen molar-refractivity contribution in [1.82, 2.24) is 9.99 Å². The average molecular weight is 359 g/mol. The Morgan fingerprint density at radius 1 is 1.08 bits per heavy atom. The van der Waals surface area contributed by atoms with Gasteiger partial charge in [-0.1, -0.05) is 12.8 Å². The van der Waals surface area contributed by atoms with Crippen molar-refractivity contribution >= 4 is 14.4 Å². The van der Waals surface area contributed by atoms with Crippen LogP contribution in [0.25, 0.3) is 0 Å². The molecule has 0 aliphatic rings. The van der Waals surface area contributed by atoms with Crippen molar-refractivity contribution in [1.29, 1.82) is 5.26 Å². The molecule has 7 heteroatoms. The summed E-state index contributed by atoms with van der Waals surface area (Å²) in [7, 11) is -1.13. The molecular weight excluding hydrogens is 325 g/mol. The van der Waals surface area contributed by atoms with Crippen LogP contribution in [0.2, 0.25) is 0 Å². The van der Waals surface area contributed by atoms with Gasteiger partial charge in [-0.3, -0.25) is 4.79 Å². The monoisotopic (exact) mass is 359 g/mol. The van der Waals surface area contributed by atoms with E-state index < -0.39 is 8.53 Å². The number of nitrogens with one attached hydrogen (secondary N) is 1. The number of rotatable bonds is 14. The van der Waals surface area contributed by atoms with E-state index >= 15 is 0 Å². The number of hydrogen-bond donors (Lipinski definition) is 1. The van der Waals surface area contributed by atoms with Gasteiger partial charge in [0, 0.05) is 25.6 Å². The largest absolute Gasteiger partial charge is 0.356 e. The van der Waals surface area contributed by atoms with Gasteiger partial charge >= 0.3 is 0 Å². The van der Waals surface area contributed by atoms with Crippen molar-refractivity contribution < 1.29 is 13.8 Å². The molecule has 0 aromatic heterocycles. The van der Waals surface area contributed by atoms with Crippen LogP contribution in [0.3, 0.4) is 0 Å². The van der Waals surface area contributed by atoms with Gasteiger partial charge in [0.05, 0.1) is 25.7 Å². The molecule has 0 aliphatic heterocycles. The molecule has 0 aliphatic carbocycles. The highest BCUT2D eigenvalue weighted by Gasteiger charge is 2.26. The maximum atomic E-state index is 10.8. The Balaban J connectivity index is 4.12. The molecule has 0 saturated carbocycles. The molecule has 0 aromatic carbocycles. The third-order valence-corrected chi connectivity index (χ3v) is 5.42. The van der Waals surface area contributed by atoms with Crippen molar-refractivity contribution in [3.63, 3.8) is 0 Å². The number of hydrogen-bond acceptors (Lipinski definition) is 5.